The van der Waals surface area contributed by atoms with Crippen molar-refractivity contribution in [1.29, 1.82) is 0 Å². The normalized spacial score (nSPS) is 11.4. The van der Waals surface area contributed by atoms with E-state index in [-0.39, 0.29) is 23.5 Å². The number of methoxy groups -OCH3 is 1. The van der Waals surface area contributed by atoms with E-state index in [1.54, 1.807) is 0 Å². The lowest BCUT2D eigenvalue weighted by molar-refractivity contribution is -0.157. The molecule has 0 radical (unpaired) electrons. The minimum Gasteiger partial charge on any atom is -0.466 e. The van der Waals surface area contributed by atoms with Gasteiger partial charge < -0.3 is 14.2 Å². The Bertz CT molecular complexity index is 390. The van der Waals surface area contributed by atoms with Gasteiger partial charge in [-0.25, -0.2) is 4.79 Å². The maximum Gasteiger partial charge on any atom is 0.329 e. The van der Waals surface area contributed by atoms with Crippen LogP contribution in [0.2, 0.25) is 0 Å². The molecule has 0 aliphatic heterocycles. The van der Waals surface area contributed by atoms with E-state index < -0.39 is 24.0 Å². The van der Waals surface area contributed by atoms with Crippen LogP contribution >= 0.6 is 25.3 Å². The van der Waals surface area contributed by atoms with Crippen LogP contribution in [-0.4, -0.2) is 49.2 Å². The van der Waals surface area contributed by atoms with Gasteiger partial charge >= 0.3 is 17.9 Å². The molecule has 1 unspecified atom stereocenters. The fourth-order valence-corrected chi connectivity index (χ4v) is 1.52. The summed E-state index contributed by atoms with van der Waals surface area (Å²) in [5.74, 6) is -1.20. The lowest BCUT2D eigenvalue weighted by atomic mass is 9.89. The van der Waals surface area contributed by atoms with Gasteiger partial charge in [-0.05, 0) is 11.8 Å². The average Bonchev–Trinajstić information content (AvgIpc) is 2.50. The van der Waals surface area contributed by atoms with Crippen LogP contribution in [0.25, 0.3) is 0 Å². The first-order valence-electron chi connectivity index (χ1n) is 6.86. The van der Waals surface area contributed by atoms with Gasteiger partial charge in [-0.15, -0.1) is 0 Å². The van der Waals surface area contributed by atoms with Crippen LogP contribution < -0.4 is 0 Å². The van der Waals surface area contributed by atoms with Crippen molar-refractivity contribution in [1.82, 2.24) is 0 Å². The van der Waals surface area contributed by atoms with Crippen LogP contribution in [0.5, 0.6) is 0 Å². The molecule has 0 rings (SSSR count). The molecule has 0 fully saturated rings. The van der Waals surface area contributed by atoms with E-state index in [1.807, 2.05) is 20.8 Å². The van der Waals surface area contributed by atoms with Crippen LogP contribution in [0, 0.1) is 5.41 Å². The summed E-state index contributed by atoms with van der Waals surface area (Å²) in [5, 5.41) is 0. The summed E-state index contributed by atoms with van der Waals surface area (Å²) in [7, 11) is 1.31. The summed E-state index contributed by atoms with van der Waals surface area (Å²) >= 11 is 7.63. The fourth-order valence-electron chi connectivity index (χ4n) is 1.36. The maximum absolute atomic E-state index is 11.2. The number of rotatable bonds is 7. The minimum absolute atomic E-state index is 0.0150. The van der Waals surface area contributed by atoms with Gasteiger partial charge in [0.1, 0.15) is 12.7 Å². The highest BCUT2D eigenvalue weighted by molar-refractivity contribution is 7.81. The minimum atomic E-state index is -0.432. The number of esters is 3. The second kappa shape index (κ2) is 13.3. The molecule has 0 aromatic carbocycles. The molecule has 0 saturated carbocycles. The lowest BCUT2D eigenvalue weighted by Crippen LogP contribution is -2.30. The molecule has 0 saturated heterocycles. The number of thiol groups is 2. The molecule has 8 heteroatoms. The Morgan fingerprint density at radius 3 is 1.96 bits per heavy atom. The van der Waals surface area contributed by atoms with Crippen LogP contribution in [0.3, 0.4) is 0 Å². The smallest absolute Gasteiger partial charge is 0.329 e. The number of ether oxygens (including phenoxy) is 3. The zero-order valence-corrected chi connectivity index (χ0v) is 15.8. The molecule has 0 aliphatic rings. The Balaban J connectivity index is 0. The van der Waals surface area contributed by atoms with E-state index in [0.29, 0.717) is 6.42 Å². The third-order valence-electron chi connectivity index (χ3n) is 2.19. The summed E-state index contributed by atoms with van der Waals surface area (Å²) in [6.07, 6.45) is 1.30. The van der Waals surface area contributed by atoms with Crippen LogP contribution in [0.4, 0.5) is 0 Å². The van der Waals surface area contributed by atoms with Crippen molar-refractivity contribution < 1.29 is 28.6 Å². The van der Waals surface area contributed by atoms with Gasteiger partial charge in [-0.1, -0.05) is 27.4 Å². The van der Waals surface area contributed by atoms with Crippen molar-refractivity contribution in [3.05, 3.63) is 12.7 Å². The first-order valence-corrected chi connectivity index (χ1v) is 8.13. The standard InChI is InChI=1S/C11H20O4S2.C4H6O2/c1-11(2,3)4-8(15-10(13)7-17)5-14-9(12)6-16;1-3-4(5)6-2/h8,16-17H,4-7H2,1-3H3;3H,1H2,2H3. The number of hydrogen-bond acceptors (Lipinski definition) is 8. The van der Waals surface area contributed by atoms with Crippen molar-refractivity contribution in [2.45, 2.75) is 33.3 Å². The molecular formula is C15H26O6S2. The topological polar surface area (TPSA) is 78.9 Å². The molecule has 0 aliphatic carbocycles. The molecule has 0 aromatic heterocycles. The number of carbonyl (C=O) groups excluding carboxylic acids is 3. The molecule has 134 valence electrons. The van der Waals surface area contributed by atoms with E-state index in [9.17, 15) is 14.4 Å². The second-order valence-electron chi connectivity index (χ2n) is 5.60. The van der Waals surface area contributed by atoms with Crippen molar-refractivity contribution in [2.75, 3.05) is 25.2 Å². The fraction of sp³-hybridized carbons (Fsp3) is 0.667. The third-order valence-corrected chi connectivity index (χ3v) is 2.71. The van der Waals surface area contributed by atoms with E-state index in [0.717, 1.165) is 6.08 Å². The Hall–Kier alpha value is -1.15. The van der Waals surface area contributed by atoms with Gasteiger partial charge in [0, 0.05) is 6.08 Å². The maximum atomic E-state index is 11.2. The van der Waals surface area contributed by atoms with E-state index in [2.05, 4.69) is 36.6 Å². The lowest BCUT2D eigenvalue weighted by Gasteiger charge is -2.25. The first kappa shape index (κ1) is 24.1. The van der Waals surface area contributed by atoms with Gasteiger partial charge in [-0.2, -0.15) is 25.3 Å². The Labute approximate surface area is 148 Å². The van der Waals surface area contributed by atoms with Crippen molar-refractivity contribution >= 4 is 43.2 Å². The highest BCUT2D eigenvalue weighted by atomic mass is 32.1. The zero-order valence-electron chi connectivity index (χ0n) is 14.0. The van der Waals surface area contributed by atoms with Gasteiger partial charge in [0.25, 0.3) is 0 Å². The number of hydrogen-bond donors (Lipinski definition) is 2. The SMILES string of the molecule is C=CC(=O)OC.CC(C)(C)CC(COC(=O)CS)OC(=O)CS. The molecule has 0 heterocycles. The van der Waals surface area contributed by atoms with Gasteiger partial charge in [0.05, 0.1) is 18.6 Å². The van der Waals surface area contributed by atoms with Crippen LogP contribution in [0.15, 0.2) is 12.7 Å². The Kier molecular flexibility index (Phi) is 13.9. The van der Waals surface area contributed by atoms with Gasteiger partial charge in [-0.3, -0.25) is 9.59 Å². The Morgan fingerprint density at radius 1 is 1.13 bits per heavy atom. The number of carbonyl (C=O) groups is 3. The van der Waals surface area contributed by atoms with Gasteiger partial charge in [0.2, 0.25) is 0 Å². The molecule has 0 bridgehead atoms. The molecule has 23 heavy (non-hydrogen) atoms. The van der Waals surface area contributed by atoms with E-state index in [1.165, 1.54) is 7.11 Å². The molecule has 0 N–H and O–H groups in total. The molecule has 0 amide bonds. The Morgan fingerprint density at radius 2 is 1.65 bits per heavy atom. The van der Waals surface area contributed by atoms with Crippen molar-refractivity contribution in [3.8, 4) is 0 Å². The first-order chi connectivity index (χ1) is 10.6. The monoisotopic (exact) mass is 366 g/mol. The predicted octanol–water partition coefficient (Wildman–Crippen LogP) is 2.08. The highest BCUT2D eigenvalue weighted by Crippen LogP contribution is 2.22. The third kappa shape index (κ3) is 17.0. The molecule has 1 atom stereocenters. The summed E-state index contributed by atoms with van der Waals surface area (Å²) in [6, 6.07) is 0. The highest BCUT2D eigenvalue weighted by Gasteiger charge is 2.23. The van der Waals surface area contributed by atoms with Crippen LogP contribution in [0.1, 0.15) is 27.2 Å². The molecule has 6 nitrogen and oxygen atoms in total. The second-order valence-corrected chi connectivity index (χ2v) is 6.24. The van der Waals surface area contributed by atoms with Gasteiger partial charge in [0.15, 0.2) is 0 Å². The van der Waals surface area contributed by atoms with Crippen molar-refractivity contribution in [2.24, 2.45) is 5.41 Å². The zero-order chi connectivity index (χ0) is 18.5. The van der Waals surface area contributed by atoms with Crippen LogP contribution in [-0.2, 0) is 28.6 Å². The molecule has 0 spiro atoms. The van der Waals surface area contributed by atoms with E-state index in [4.69, 9.17) is 9.47 Å². The molecular weight excluding hydrogens is 340 g/mol. The summed E-state index contributed by atoms with van der Waals surface area (Å²) in [5.41, 5.74) is -0.0189. The summed E-state index contributed by atoms with van der Waals surface area (Å²) < 4.78 is 14.2. The predicted molar refractivity (Wildman–Crippen MR) is 94.8 cm³/mol. The summed E-state index contributed by atoms with van der Waals surface area (Å²) in [4.78, 5) is 32.0. The quantitative estimate of drug-likeness (QED) is 0.311. The summed E-state index contributed by atoms with van der Waals surface area (Å²) in [6.45, 7) is 9.29. The molecule has 0 aromatic rings. The van der Waals surface area contributed by atoms with Crippen molar-refractivity contribution in [3.63, 3.8) is 0 Å². The average molecular weight is 367 g/mol. The van der Waals surface area contributed by atoms with E-state index >= 15 is 0 Å². The largest absolute Gasteiger partial charge is 0.466 e.